The number of para-hydroxylation sites is 1. The number of aryl methyl sites for hydroxylation is 2. The van der Waals surface area contributed by atoms with Crippen molar-refractivity contribution < 1.29 is 13.2 Å². The lowest BCUT2D eigenvalue weighted by Gasteiger charge is -2.28. The van der Waals surface area contributed by atoms with Crippen molar-refractivity contribution in [3.05, 3.63) is 59.2 Å². The fraction of sp³-hybridized carbons (Fsp3) is 0.350. The molecule has 0 saturated carbocycles. The quantitative estimate of drug-likeness (QED) is 0.829. The molecule has 0 N–H and O–H groups in total. The molecule has 0 fully saturated rings. The number of anilines is 2. The molecule has 0 aliphatic carbocycles. The van der Waals surface area contributed by atoms with E-state index in [1.807, 2.05) is 57.2 Å². The van der Waals surface area contributed by atoms with E-state index in [1.54, 1.807) is 11.0 Å². The van der Waals surface area contributed by atoms with E-state index in [4.69, 9.17) is 0 Å². The van der Waals surface area contributed by atoms with Crippen molar-refractivity contribution in [2.45, 2.75) is 33.2 Å². The first-order valence-electron chi connectivity index (χ1n) is 8.63. The van der Waals surface area contributed by atoms with Crippen LogP contribution in [0.15, 0.2) is 42.5 Å². The lowest BCUT2D eigenvalue weighted by molar-refractivity contribution is -0.117. The van der Waals surface area contributed by atoms with Gasteiger partial charge in [0.2, 0.25) is 15.9 Å². The Morgan fingerprint density at radius 2 is 1.88 bits per heavy atom. The van der Waals surface area contributed by atoms with Crippen molar-refractivity contribution >= 4 is 27.3 Å². The predicted octanol–water partition coefficient (Wildman–Crippen LogP) is 3.05. The standard InChI is InChI=1S/C20H24N2O3S/c1-14-9-10-18(15(2)11-14)21(26(4,24)25)13-20(23)22-16(3)12-17-7-5-6-8-19(17)22/h5-11,16H,12-13H2,1-4H3/t16-/m0/s1. The Kier molecular flexibility index (Phi) is 4.80. The highest BCUT2D eigenvalue weighted by Gasteiger charge is 2.33. The van der Waals surface area contributed by atoms with E-state index < -0.39 is 10.0 Å². The number of amides is 1. The first-order chi connectivity index (χ1) is 12.2. The van der Waals surface area contributed by atoms with E-state index >= 15 is 0 Å². The van der Waals surface area contributed by atoms with E-state index in [1.165, 1.54) is 4.31 Å². The van der Waals surface area contributed by atoms with Crippen LogP contribution in [0.5, 0.6) is 0 Å². The molecule has 0 saturated heterocycles. The average molecular weight is 372 g/mol. The molecule has 0 radical (unpaired) electrons. The van der Waals surface area contributed by atoms with Crippen molar-refractivity contribution in [3.63, 3.8) is 0 Å². The van der Waals surface area contributed by atoms with Crippen molar-refractivity contribution in [3.8, 4) is 0 Å². The molecule has 1 atom stereocenters. The normalized spacial score (nSPS) is 16.5. The highest BCUT2D eigenvalue weighted by Crippen LogP contribution is 2.32. The number of rotatable bonds is 4. The van der Waals surface area contributed by atoms with Crippen LogP contribution in [0.25, 0.3) is 0 Å². The molecule has 0 unspecified atom stereocenters. The topological polar surface area (TPSA) is 57.7 Å². The summed E-state index contributed by atoms with van der Waals surface area (Å²) in [7, 11) is -3.59. The maximum Gasteiger partial charge on any atom is 0.248 e. The third-order valence-corrected chi connectivity index (χ3v) is 5.90. The Hall–Kier alpha value is -2.34. The number of fused-ring (bicyclic) bond motifs is 1. The molecule has 138 valence electrons. The summed E-state index contributed by atoms with van der Waals surface area (Å²) in [5, 5.41) is 0. The summed E-state index contributed by atoms with van der Waals surface area (Å²) in [5.74, 6) is -0.215. The Balaban J connectivity index is 1.94. The second-order valence-corrected chi connectivity index (χ2v) is 8.91. The largest absolute Gasteiger partial charge is 0.307 e. The molecule has 3 rings (SSSR count). The SMILES string of the molecule is Cc1ccc(N(CC(=O)N2c3ccccc3C[C@@H]2C)S(C)(=O)=O)c(C)c1. The van der Waals surface area contributed by atoms with E-state index in [-0.39, 0.29) is 18.5 Å². The van der Waals surface area contributed by atoms with Crippen molar-refractivity contribution in [2.75, 3.05) is 22.0 Å². The summed E-state index contributed by atoms with van der Waals surface area (Å²) in [4.78, 5) is 14.8. The molecule has 2 aromatic carbocycles. The third kappa shape index (κ3) is 3.46. The summed E-state index contributed by atoms with van der Waals surface area (Å²) < 4.78 is 26.0. The molecule has 1 aliphatic rings. The summed E-state index contributed by atoms with van der Waals surface area (Å²) in [6.45, 7) is 5.59. The van der Waals surface area contributed by atoms with Crippen molar-refractivity contribution in [2.24, 2.45) is 0 Å². The van der Waals surface area contributed by atoms with Gasteiger partial charge in [-0.25, -0.2) is 8.42 Å². The molecular weight excluding hydrogens is 348 g/mol. The number of carbonyl (C=O) groups excluding carboxylic acids is 1. The van der Waals surface area contributed by atoms with Gasteiger partial charge >= 0.3 is 0 Å². The minimum Gasteiger partial charge on any atom is -0.307 e. The third-order valence-electron chi connectivity index (χ3n) is 4.78. The Morgan fingerprint density at radius 1 is 1.19 bits per heavy atom. The van der Waals surface area contributed by atoms with Crippen molar-refractivity contribution in [1.82, 2.24) is 0 Å². The molecule has 0 spiro atoms. The lowest BCUT2D eigenvalue weighted by Crippen LogP contribution is -2.45. The minimum atomic E-state index is -3.59. The zero-order valence-electron chi connectivity index (χ0n) is 15.6. The maximum atomic E-state index is 13.0. The van der Waals surface area contributed by atoms with Crippen LogP contribution in [-0.4, -0.2) is 33.2 Å². The van der Waals surface area contributed by atoms with Crippen LogP contribution < -0.4 is 9.21 Å². The number of hydrogen-bond donors (Lipinski definition) is 0. The highest BCUT2D eigenvalue weighted by molar-refractivity contribution is 7.92. The van der Waals surface area contributed by atoms with Crippen LogP contribution in [0.1, 0.15) is 23.6 Å². The zero-order chi connectivity index (χ0) is 19.1. The minimum absolute atomic E-state index is 0.0143. The summed E-state index contributed by atoms with van der Waals surface area (Å²) in [5.41, 5.74) is 4.42. The van der Waals surface area contributed by atoms with Crippen LogP contribution in [0, 0.1) is 13.8 Å². The van der Waals surface area contributed by atoms with Gasteiger partial charge in [-0.2, -0.15) is 0 Å². The Labute approximate surface area is 155 Å². The van der Waals surface area contributed by atoms with Gasteiger partial charge < -0.3 is 4.90 Å². The van der Waals surface area contributed by atoms with Crippen LogP contribution >= 0.6 is 0 Å². The first-order valence-corrected chi connectivity index (χ1v) is 10.5. The van der Waals surface area contributed by atoms with Crippen molar-refractivity contribution in [1.29, 1.82) is 0 Å². The molecule has 26 heavy (non-hydrogen) atoms. The summed E-state index contributed by atoms with van der Waals surface area (Å²) in [6, 6.07) is 13.3. The first kappa shape index (κ1) is 18.5. The molecule has 0 bridgehead atoms. The number of carbonyl (C=O) groups is 1. The fourth-order valence-electron chi connectivity index (χ4n) is 3.61. The molecule has 1 amide bonds. The van der Waals surface area contributed by atoms with Gasteiger partial charge in [0.05, 0.1) is 11.9 Å². The molecule has 6 heteroatoms. The number of sulfonamides is 1. The summed E-state index contributed by atoms with van der Waals surface area (Å²) >= 11 is 0. The van der Waals surface area contributed by atoms with Crippen LogP contribution in [-0.2, 0) is 21.2 Å². The van der Waals surface area contributed by atoms with Gasteiger partial charge in [-0.15, -0.1) is 0 Å². The van der Waals surface area contributed by atoms with E-state index in [0.29, 0.717) is 5.69 Å². The van der Waals surface area contributed by atoms with E-state index in [9.17, 15) is 13.2 Å². The predicted molar refractivity (Wildman–Crippen MR) is 105 cm³/mol. The zero-order valence-corrected chi connectivity index (χ0v) is 16.4. The second-order valence-electron chi connectivity index (χ2n) is 7.01. The molecule has 5 nitrogen and oxygen atoms in total. The molecule has 0 aromatic heterocycles. The Morgan fingerprint density at radius 3 is 2.54 bits per heavy atom. The van der Waals surface area contributed by atoms with E-state index in [2.05, 4.69) is 0 Å². The number of nitrogens with zero attached hydrogens (tertiary/aromatic N) is 2. The maximum absolute atomic E-state index is 13.0. The number of benzene rings is 2. The summed E-state index contributed by atoms with van der Waals surface area (Å²) in [6.07, 6.45) is 1.92. The Bertz CT molecular complexity index is 953. The molecule has 1 heterocycles. The van der Waals surface area contributed by atoms with E-state index in [0.717, 1.165) is 35.1 Å². The van der Waals surface area contributed by atoms with Gasteiger partial charge in [-0.3, -0.25) is 9.10 Å². The second kappa shape index (κ2) is 6.76. The van der Waals surface area contributed by atoms with Gasteiger partial charge in [0.15, 0.2) is 0 Å². The molecular formula is C20H24N2O3S. The van der Waals surface area contributed by atoms with Crippen LogP contribution in [0.4, 0.5) is 11.4 Å². The highest BCUT2D eigenvalue weighted by atomic mass is 32.2. The van der Waals surface area contributed by atoms with Crippen LogP contribution in [0.3, 0.4) is 0 Å². The number of hydrogen-bond acceptors (Lipinski definition) is 3. The van der Waals surface area contributed by atoms with Gasteiger partial charge in [-0.05, 0) is 50.5 Å². The molecule has 2 aromatic rings. The van der Waals surface area contributed by atoms with Gasteiger partial charge in [-0.1, -0.05) is 35.9 Å². The monoisotopic (exact) mass is 372 g/mol. The smallest absolute Gasteiger partial charge is 0.248 e. The van der Waals surface area contributed by atoms with Gasteiger partial charge in [0.25, 0.3) is 0 Å². The molecule has 1 aliphatic heterocycles. The van der Waals surface area contributed by atoms with Gasteiger partial charge in [0, 0.05) is 11.7 Å². The average Bonchev–Trinajstić information content (AvgIpc) is 2.88. The van der Waals surface area contributed by atoms with Gasteiger partial charge in [0.1, 0.15) is 6.54 Å². The fourth-order valence-corrected chi connectivity index (χ4v) is 4.52. The van der Waals surface area contributed by atoms with Crippen LogP contribution in [0.2, 0.25) is 0 Å². The lowest BCUT2D eigenvalue weighted by atomic mass is 10.1.